The maximum Gasteiger partial charge on any atom is 0.319 e. The topological polar surface area (TPSA) is 61.4 Å². The van der Waals surface area contributed by atoms with Gasteiger partial charge < -0.3 is 15.5 Å². The first-order valence-corrected chi connectivity index (χ1v) is 8.06. The molecule has 2 aromatic carbocycles. The Morgan fingerprint density at radius 3 is 2.62 bits per heavy atom. The molecule has 0 radical (unpaired) electrons. The van der Waals surface area contributed by atoms with Gasteiger partial charge in [-0.2, -0.15) is 0 Å². The van der Waals surface area contributed by atoms with E-state index in [4.69, 9.17) is 0 Å². The van der Waals surface area contributed by atoms with Crippen molar-refractivity contribution in [1.82, 2.24) is 5.32 Å². The molecule has 3 amide bonds. The Kier molecular flexibility index (Phi) is 4.51. The monoisotopic (exact) mass is 323 g/mol. The number of hydrogen-bond donors (Lipinski definition) is 2. The van der Waals surface area contributed by atoms with Gasteiger partial charge in [-0.3, -0.25) is 4.79 Å². The van der Waals surface area contributed by atoms with Crippen molar-refractivity contribution >= 4 is 23.3 Å². The van der Waals surface area contributed by atoms with Crippen LogP contribution in [0.3, 0.4) is 0 Å². The number of nitrogens with one attached hydrogen (secondary N) is 2. The second-order valence-electron chi connectivity index (χ2n) is 6.08. The zero-order chi connectivity index (χ0) is 17.1. The highest BCUT2D eigenvalue weighted by Crippen LogP contribution is 2.21. The van der Waals surface area contributed by atoms with Crippen LogP contribution in [0, 0.1) is 13.8 Å². The number of anilines is 2. The molecule has 0 bridgehead atoms. The maximum absolute atomic E-state index is 12.5. The third-order valence-electron chi connectivity index (χ3n) is 4.22. The molecule has 0 aliphatic carbocycles. The molecule has 1 fully saturated rings. The normalized spacial score (nSPS) is 17.0. The fourth-order valence-corrected chi connectivity index (χ4v) is 2.87. The fraction of sp³-hybridized carbons (Fsp3) is 0.263. The predicted molar refractivity (Wildman–Crippen MR) is 95.3 cm³/mol. The predicted octanol–water partition coefficient (Wildman–Crippen LogP) is 3.23. The quantitative estimate of drug-likeness (QED) is 0.911. The molecule has 0 aromatic heterocycles. The van der Waals surface area contributed by atoms with Crippen LogP contribution >= 0.6 is 0 Å². The van der Waals surface area contributed by atoms with Crippen molar-refractivity contribution in [3.63, 3.8) is 0 Å². The molecular weight excluding hydrogens is 302 g/mol. The van der Waals surface area contributed by atoms with Gasteiger partial charge in [-0.15, -0.1) is 0 Å². The van der Waals surface area contributed by atoms with Crippen LogP contribution in [0.15, 0.2) is 48.5 Å². The Morgan fingerprint density at radius 2 is 1.88 bits per heavy atom. The van der Waals surface area contributed by atoms with Crippen molar-refractivity contribution in [3.8, 4) is 0 Å². The summed E-state index contributed by atoms with van der Waals surface area (Å²) in [4.78, 5) is 26.4. The Labute approximate surface area is 141 Å². The fourth-order valence-electron chi connectivity index (χ4n) is 2.87. The third-order valence-corrected chi connectivity index (χ3v) is 4.22. The average Bonchev–Trinajstić information content (AvgIpc) is 2.92. The van der Waals surface area contributed by atoms with Crippen molar-refractivity contribution in [3.05, 3.63) is 59.7 Å². The van der Waals surface area contributed by atoms with Gasteiger partial charge in [-0.1, -0.05) is 30.3 Å². The van der Waals surface area contributed by atoms with E-state index in [2.05, 4.69) is 10.6 Å². The van der Waals surface area contributed by atoms with Gasteiger partial charge in [-0.25, -0.2) is 4.79 Å². The molecule has 1 aliphatic rings. The van der Waals surface area contributed by atoms with E-state index in [1.165, 1.54) is 0 Å². The zero-order valence-corrected chi connectivity index (χ0v) is 13.9. The van der Waals surface area contributed by atoms with Crippen molar-refractivity contribution in [1.29, 1.82) is 0 Å². The number of carbonyl (C=O) groups is 2. The maximum atomic E-state index is 12.5. The van der Waals surface area contributed by atoms with E-state index in [1.54, 1.807) is 4.90 Å². The summed E-state index contributed by atoms with van der Waals surface area (Å²) in [7, 11) is 0. The lowest BCUT2D eigenvalue weighted by Gasteiger charge is -2.17. The number of nitrogens with zero attached hydrogens (tertiary/aromatic N) is 1. The van der Waals surface area contributed by atoms with Gasteiger partial charge in [0.25, 0.3) is 0 Å². The van der Waals surface area contributed by atoms with Gasteiger partial charge >= 0.3 is 6.03 Å². The van der Waals surface area contributed by atoms with E-state index in [0.29, 0.717) is 13.0 Å². The highest BCUT2D eigenvalue weighted by Gasteiger charge is 2.33. The lowest BCUT2D eigenvalue weighted by Crippen LogP contribution is -2.43. The van der Waals surface area contributed by atoms with E-state index in [0.717, 1.165) is 22.5 Å². The van der Waals surface area contributed by atoms with Crippen LogP contribution in [0.4, 0.5) is 16.2 Å². The molecule has 2 N–H and O–H groups in total. The first kappa shape index (κ1) is 16.1. The van der Waals surface area contributed by atoms with Crippen LogP contribution in [0.2, 0.25) is 0 Å². The van der Waals surface area contributed by atoms with E-state index in [1.807, 2.05) is 62.4 Å². The highest BCUT2D eigenvalue weighted by atomic mass is 16.2. The average molecular weight is 323 g/mol. The number of amides is 3. The third kappa shape index (κ3) is 3.40. The van der Waals surface area contributed by atoms with Crippen LogP contribution < -0.4 is 15.5 Å². The lowest BCUT2D eigenvalue weighted by atomic mass is 10.1. The van der Waals surface area contributed by atoms with Crippen molar-refractivity contribution in [2.75, 3.05) is 16.8 Å². The minimum atomic E-state index is -0.490. The van der Waals surface area contributed by atoms with E-state index >= 15 is 0 Å². The Morgan fingerprint density at radius 1 is 1.12 bits per heavy atom. The number of hydrogen-bond acceptors (Lipinski definition) is 2. The molecule has 1 atom stereocenters. The number of urea groups is 1. The van der Waals surface area contributed by atoms with Crippen LogP contribution in [-0.2, 0) is 4.79 Å². The van der Waals surface area contributed by atoms with Gasteiger partial charge in [0.05, 0.1) is 0 Å². The van der Waals surface area contributed by atoms with Crippen LogP contribution in [0.25, 0.3) is 0 Å². The summed E-state index contributed by atoms with van der Waals surface area (Å²) in [6.07, 6.45) is 0.605. The van der Waals surface area contributed by atoms with Gasteiger partial charge in [-0.05, 0) is 49.6 Å². The first-order valence-electron chi connectivity index (χ1n) is 8.06. The molecule has 5 heteroatoms. The number of carbonyl (C=O) groups excluding carboxylic acids is 2. The molecule has 3 rings (SSSR count). The summed E-state index contributed by atoms with van der Waals surface area (Å²) in [5, 5.41) is 5.61. The Balaban J connectivity index is 1.63. The second kappa shape index (κ2) is 6.74. The molecule has 1 saturated heterocycles. The summed E-state index contributed by atoms with van der Waals surface area (Å²) in [6, 6.07) is 14.5. The first-order chi connectivity index (χ1) is 11.5. The summed E-state index contributed by atoms with van der Waals surface area (Å²) < 4.78 is 0. The number of aryl methyl sites for hydroxylation is 2. The van der Waals surface area contributed by atoms with E-state index < -0.39 is 6.04 Å². The number of para-hydroxylation sites is 1. The molecule has 24 heavy (non-hydrogen) atoms. The van der Waals surface area contributed by atoms with Crippen molar-refractivity contribution in [2.24, 2.45) is 0 Å². The smallest absolute Gasteiger partial charge is 0.319 e. The molecule has 2 aromatic rings. The van der Waals surface area contributed by atoms with Crippen LogP contribution in [0.1, 0.15) is 17.5 Å². The number of benzene rings is 2. The molecule has 0 saturated carbocycles. The van der Waals surface area contributed by atoms with Crippen molar-refractivity contribution < 1.29 is 9.59 Å². The Hall–Kier alpha value is -2.82. The molecule has 0 spiro atoms. The zero-order valence-electron chi connectivity index (χ0n) is 13.9. The summed E-state index contributed by atoms with van der Waals surface area (Å²) >= 11 is 0. The van der Waals surface area contributed by atoms with Crippen LogP contribution in [0.5, 0.6) is 0 Å². The van der Waals surface area contributed by atoms with E-state index in [-0.39, 0.29) is 11.9 Å². The molecule has 124 valence electrons. The Bertz CT molecular complexity index is 758. The van der Waals surface area contributed by atoms with Crippen LogP contribution in [-0.4, -0.2) is 24.5 Å². The summed E-state index contributed by atoms with van der Waals surface area (Å²) in [6.45, 7) is 4.52. The molecule has 5 nitrogen and oxygen atoms in total. The van der Waals surface area contributed by atoms with Crippen molar-refractivity contribution in [2.45, 2.75) is 26.3 Å². The van der Waals surface area contributed by atoms with Gasteiger partial charge in [0.15, 0.2) is 0 Å². The SMILES string of the molecule is Cc1ccc(C)c(NC(=O)N[C@H]2CCN(c3ccccc3)C2=O)c1. The molecule has 1 heterocycles. The minimum Gasteiger partial charge on any atom is -0.326 e. The van der Waals surface area contributed by atoms with Gasteiger partial charge in [0.2, 0.25) is 5.91 Å². The standard InChI is InChI=1S/C19H21N3O2/c1-13-8-9-14(2)17(12-13)21-19(24)20-16-10-11-22(18(16)23)15-6-4-3-5-7-15/h3-9,12,16H,10-11H2,1-2H3,(H2,20,21,24)/t16-/m0/s1. The molecular formula is C19H21N3O2. The molecule has 1 aliphatic heterocycles. The highest BCUT2D eigenvalue weighted by molar-refractivity contribution is 6.02. The summed E-state index contributed by atoms with van der Waals surface area (Å²) in [5.74, 6) is -0.0719. The minimum absolute atomic E-state index is 0.0719. The second-order valence-corrected chi connectivity index (χ2v) is 6.08. The summed E-state index contributed by atoms with van der Waals surface area (Å²) in [5.41, 5.74) is 3.68. The van der Waals surface area contributed by atoms with E-state index in [9.17, 15) is 9.59 Å². The van der Waals surface area contributed by atoms with Gasteiger partial charge in [0, 0.05) is 17.9 Å². The molecule has 0 unspecified atom stereocenters. The largest absolute Gasteiger partial charge is 0.326 e. The van der Waals surface area contributed by atoms with Gasteiger partial charge in [0.1, 0.15) is 6.04 Å². The lowest BCUT2D eigenvalue weighted by molar-refractivity contribution is -0.118. The number of rotatable bonds is 3.